The summed E-state index contributed by atoms with van der Waals surface area (Å²) < 4.78 is 11.9. The van der Waals surface area contributed by atoms with Crippen LogP contribution in [0.25, 0.3) is 0 Å². The molecule has 3 aromatic carbocycles. The van der Waals surface area contributed by atoms with Crippen molar-refractivity contribution in [1.29, 1.82) is 0 Å². The first kappa shape index (κ1) is 23.9. The molecule has 3 aliphatic heterocycles. The summed E-state index contributed by atoms with van der Waals surface area (Å²) in [5.41, 5.74) is 3.19. The number of para-hydroxylation sites is 1. The first-order valence-corrected chi connectivity index (χ1v) is 13.7. The molecule has 2 amide bonds. The van der Waals surface area contributed by atoms with Crippen LogP contribution < -0.4 is 19.3 Å². The number of benzene rings is 3. The van der Waals surface area contributed by atoms with Crippen LogP contribution in [0, 0.1) is 0 Å². The van der Waals surface area contributed by atoms with Crippen molar-refractivity contribution in [3.63, 3.8) is 0 Å². The molecule has 6 nitrogen and oxygen atoms in total. The predicted octanol–water partition coefficient (Wildman–Crippen LogP) is 6.44. The standard InChI is InChI=1S/C30H30N2O4S/c1-5-35-23-15-24-19(2)17-29(3,4)32-27(24)25(16-23)30(28(32)34)31(26(33)18-37-30)20-11-13-22(14-12-20)36-21-9-7-6-8-10-21/h6-16,19H,5,17-18H2,1-4H3/t19-,30+/m0/s1. The fourth-order valence-corrected chi connectivity index (χ4v) is 7.42. The Morgan fingerprint density at radius 3 is 2.35 bits per heavy atom. The molecule has 1 spiro atoms. The zero-order chi connectivity index (χ0) is 25.9. The van der Waals surface area contributed by atoms with Crippen LogP contribution in [-0.2, 0) is 14.5 Å². The van der Waals surface area contributed by atoms with E-state index >= 15 is 0 Å². The lowest BCUT2D eigenvalue weighted by atomic mass is 9.80. The zero-order valence-electron chi connectivity index (χ0n) is 21.5. The van der Waals surface area contributed by atoms with Gasteiger partial charge in [-0.3, -0.25) is 14.5 Å². The number of hydrogen-bond acceptors (Lipinski definition) is 5. The largest absolute Gasteiger partial charge is 0.494 e. The van der Waals surface area contributed by atoms with Crippen molar-refractivity contribution in [2.24, 2.45) is 0 Å². The van der Waals surface area contributed by atoms with Crippen LogP contribution in [0.15, 0.2) is 66.7 Å². The number of rotatable bonds is 5. The molecule has 0 N–H and O–H groups in total. The smallest absolute Gasteiger partial charge is 0.269 e. The van der Waals surface area contributed by atoms with Gasteiger partial charge in [-0.25, -0.2) is 0 Å². The van der Waals surface area contributed by atoms with E-state index in [9.17, 15) is 9.59 Å². The second-order valence-corrected chi connectivity index (χ2v) is 11.6. The highest BCUT2D eigenvalue weighted by Gasteiger charge is 2.64. The molecular formula is C30H30N2O4S. The van der Waals surface area contributed by atoms with Gasteiger partial charge in [-0.15, -0.1) is 11.8 Å². The first-order chi connectivity index (χ1) is 17.8. The Kier molecular flexibility index (Phi) is 5.53. The van der Waals surface area contributed by atoms with Gasteiger partial charge >= 0.3 is 0 Å². The number of fused-ring (bicyclic) bond motifs is 1. The van der Waals surface area contributed by atoms with Crippen LogP contribution >= 0.6 is 11.8 Å². The highest BCUT2D eigenvalue weighted by atomic mass is 32.2. The van der Waals surface area contributed by atoms with Crippen LogP contribution in [-0.4, -0.2) is 29.7 Å². The summed E-state index contributed by atoms with van der Waals surface area (Å²) in [4.78, 5) is 30.4. The van der Waals surface area contributed by atoms with Gasteiger partial charge in [-0.1, -0.05) is 25.1 Å². The normalized spacial score (nSPS) is 23.5. The topological polar surface area (TPSA) is 59.1 Å². The number of thioether (sulfide) groups is 1. The zero-order valence-corrected chi connectivity index (χ0v) is 22.3. The molecule has 0 radical (unpaired) electrons. The average Bonchev–Trinajstić information content (AvgIpc) is 3.34. The first-order valence-electron chi connectivity index (χ1n) is 12.7. The fourth-order valence-electron chi connectivity index (χ4n) is 6.10. The third-order valence-corrected chi connectivity index (χ3v) is 8.88. The molecule has 3 heterocycles. The summed E-state index contributed by atoms with van der Waals surface area (Å²) >= 11 is 1.40. The Balaban J connectivity index is 1.48. The number of anilines is 2. The Morgan fingerprint density at radius 1 is 0.946 bits per heavy atom. The predicted molar refractivity (Wildman–Crippen MR) is 147 cm³/mol. The lowest BCUT2D eigenvalue weighted by molar-refractivity contribution is -0.124. The SMILES string of the molecule is CCOc1cc2c3c(c1)[C@@]1(SCC(=O)N1c1ccc(Oc4ccccc4)cc1)C(=O)N3C(C)(C)C[C@@H]2C. The summed E-state index contributed by atoms with van der Waals surface area (Å²) in [6.07, 6.45) is 0.834. The van der Waals surface area contributed by atoms with Gasteiger partial charge in [-0.05, 0) is 87.2 Å². The molecule has 3 aliphatic rings. The van der Waals surface area contributed by atoms with Crippen molar-refractivity contribution in [3.8, 4) is 17.2 Å². The molecular weight excluding hydrogens is 484 g/mol. The molecule has 2 atom stereocenters. The van der Waals surface area contributed by atoms with E-state index in [2.05, 4.69) is 26.8 Å². The Morgan fingerprint density at radius 2 is 1.65 bits per heavy atom. The molecule has 0 aromatic heterocycles. The Bertz CT molecular complexity index is 1390. The summed E-state index contributed by atoms with van der Waals surface area (Å²) in [6, 6.07) is 21.0. The van der Waals surface area contributed by atoms with Crippen LogP contribution in [0.4, 0.5) is 11.4 Å². The fraction of sp³-hybridized carbons (Fsp3) is 0.333. The maximum Gasteiger partial charge on any atom is 0.269 e. The number of amides is 2. The van der Waals surface area contributed by atoms with E-state index in [1.54, 1.807) is 4.90 Å². The molecule has 0 saturated carbocycles. The van der Waals surface area contributed by atoms with E-state index in [-0.39, 0.29) is 29.0 Å². The van der Waals surface area contributed by atoms with Crippen molar-refractivity contribution < 1.29 is 19.1 Å². The molecule has 7 heteroatoms. The molecule has 1 fully saturated rings. The monoisotopic (exact) mass is 514 g/mol. The van der Waals surface area contributed by atoms with E-state index in [0.717, 1.165) is 34.7 Å². The Hall–Kier alpha value is -3.45. The third-order valence-electron chi connectivity index (χ3n) is 7.49. The van der Waals surface area contributed by atoms with E-state index in [1.165, 1.54) is 11.8 Å². The van der Waals surface area contributed by atoms with E-state index < -0.39 is 4.87 Å². The van der Waals surface area contributed by atoms with Gasteiger partial charge in [0.15, 0.2) is 0 Å². The number of carbonyl (C=O) groups excluding carboxylic acids is 2. The number of nitrogens with zero attached hydrogens (tertiary/aromatic N) is 2. The molecule has 1 saturated heterocycles. The van der Waals surface area contributed by atoms with Crippen LogP contribution in [0.5, 0.6) is 17.2 Å². The van der Waals surface area contributed by atoms with Gasteiger partial charge in [-0.2, -0.15) is 0 Å². The molecule has 190 valence electrons. The van der Waals surface area contributed by atoms with Crippen molar-refractivity contribution in [3.05, 3.63) is 77.9 Å². The molecule has 0 aliphatic carbocycles. The number of hydrogen-bond donors (Lipinski definition) is 0. The third kappa shape index (κ3) is 3.55. The summed E-state index contributed by atoms with van der Waals surface area (Å²) in [5.74, 6) is 2.48. The second kappa shape index (κ2) is 8.55. The van der Waals surface area contributed by atoms with Crippen molar-refractivity contribution >= 4 is 35.0 Å². The maximum atomic E-state index is 14.5. The highest BCUT2D eigenvalue weighted by molar-refractivity contribution is 8.02. The quantitative estimate of drug-likeness (QED) is 0.392. The average molecular weight is 515 g/mol. The molecule has 3 aromatic rings. The lowest BCUT2D eigenvalue weighted by Crippen LogP contribution is -2.56. The van der Waals surface area contributed by atoms with Gasteiger partial charge in [0.25, 0.3) is 5.91 Å². The van der Waals surface area contributed by atoms with Crippen LogP contribution in [0.3, 0.4) is 0 Å². The number of ether oxygens (including phenoxy) is 2. The lowest BCUT2D eigenvalue weighted by Gasteiger charge is -2.44. The second-order valence-electron chi connectivity index (χ2n) is 10.5. The van der Waals surface area contributed by atoms with Crippen LogP contribution in [0.1, 0.15) is 51.2 Å². The molecule has 37 heavy (non-hydrogen) atoms. The van der Waals surface area contributed by atoms with Crippen LogP contribution in [0.2, 0.25) is 0 Å². The molecule has 6 rings (SSSR count). The van der Waals surface area contributed by atoms with Gasteiger partial charge in [0, 0.05) is 16.8 Å². The van der Waals surface area contributed by atoms with E-state index in [0.29, 0.717) is 18.0 Å². The molecule has 0 unspecified atom stereocenters. The van der Waals surface area contributed by atoms with Gasteiger partial charge in [0.05, 0.1) is 18.0 Å². The summed E-state index contributed by atoms with van der Waals surface area (Å²) in [6.45, 7) is 8.92. The van der Waals surface area contributed by atoms with E-state index in [1.807, 2.05) is 72.5 Å². The Labute approximate surface area is 221 Å². The van der Waals surface area contributed by atoms with Crippen molar-refractivity contribution in [1.82, 2.24) is 0 Å². The minimum absolute atomic E-state index is 0.0604. The summed E-state index contributed by atoms with van der Waals surface area (Å²) in [5, 5.41) is 0. The van der Waals surface area contributed by atoms with E-state index in [4.69, 9.17) is 9.47 Å². The van der Waals surface area contributed by atoms with Gasteiger partial charge in [0.1, 0.15) is 17.2 Å². The summed E-state index contributed by atoms with van der Waals surface area (Å²) in [7, 11) is 0. The van der Waals surface area contributed by atoms with Crippen molar-refractivity contribution in [2.75, 3.05) is 22.2 Å². The van der Waals surface area contributed by atoms with Gasteiger partial charge in [0.2, 0.25) is 10.8 Å². The molecule has 0 bridgehead atoms. The maximum absolute atomic E-state index is 14.5. The minimum atomic E-state index is -1.17. The number of carbonyl (C=O) groups is 2. The highest BCUT2D eigenvalue weighted by Crippen LogP contribution is 2.62. The van der Waals surface area contributed by atoms with Crippen molar-refractivity contribution in [2.45, 2.75) is 50.4 Å². The van der Waals surface area contributed by atoms with Gasteiger partial charge < -0.3 is 14.4 Å². The minimum Gasteiger partial charge on any atom is -0.494 e.